The fourth-order valence-electron chi connectivity index (χ4n) is 1.10. The number of nitrogens with zero attached hydrogens (tertiary/aromatic N) is 2. The topological polar surface area (TPSA) is 76.7 Å². The van der Waals surface area contributed by atoms with Gasteiger partial charge in [0.15, 0.2) is 0 Å². The molecule has 0 saturated heterocycles. The van der Waals surface area contributed by atoms with Gasteiger partial charge in [0.05, 0.1) is 11.1 Å². The van der Waals surface area contributed by atoms with Gasteiger partial charge in [-0.3, -0.25) is 4.79 Å². The first-order chi connectivity index (χ1) is 7.58. The molecule has 0 aliphatic heterocycles. The average Bonchev–Trinajstić information content (AvgIpc) is 2.28. The SMILES string of the molecule is CC(C)C(=O)Nc1ccc(C#N)c(C#N)c1. The number of rotatable bonds is 2. The van der Waals surface area contributed by atoms with E-state index in [1.807, 2.05) is 12.1 Å². The number of nitrogens with one attached hydrogen (secondary N) is 1. The molecule has 1 aromatic carbocycles. The number of benzene rings is 1. The van der Waals surface area contributed by atoms with Crippen molar-refractivity contribution in [2.24, 2.45) is 5.92 Å². The summed E-state index contributed by atoms with van der Waals surface area (Å²) in [5.41, 5.74) is 1.11. The normalized spacial score (nSPS) is 9.31. The van der Waals surface area contributed by atoms with Crippen LogP contribution in [0, 0.1) is 28.6 Å². The van der Waals surface area contributed by atoms with Gasteiger partial charge in [0.2, 0.25) is 5.91 Å². The summed E-state index contributed by atoms with van der Waals surface area (Å²) < 4.78 is 0. The van der Waals surface area contributed by atoms with Crippen LogP contribution in [-0.4, -0.2) is 5.91 Å². The summed E-state index contributed by atoms with van der Waals surface area (Å²) in [6, 6.07) is 8.46. The molecule has 0 saturated carbocycles. The number of carbonyl (C=O) groups is 1. The lowest BCUT2D eigenvalue weighted by atomic mass is 10.1. The number of amides is 1. The number of anilines is 1. The highest BCUT2D eigenvalue weighted by molar-refractivity contribution is 5.92. The summed E-state index contributed by atoms with van der Waals surface area (Å²) in [6.07, 6.45) is 0. The molecular formula is C12H11N3O. The largest absolute Gasteiger partial charge is 0.326 e. The smallest absolute Gasteiger partial charge is 0.226 e. The maximum Gasteiger partial charge on any atom is 0.226 e. The van der Waals surface area contributed by atoms with E-state index >= 15 is 0 Å². The van der Waals surface area contributed by atoms with Crippen molar-refractivity contribution in [1.29, 1.82) is 10.5 Å². The third-order valence-electron chi connectivity index (χ3n) is 2.05. The van der Waals surface area contributed by atoms with Crippen molar-refractivity contribution in [2.75, 3.05) is 5.32 Å². The zero-order valence-electron chi connectivity index (χ0n) is 9.11. The van der Waals surface area contributed by atoms with Gasteiger partial charge < -0.3 is 5.32 Å². The predicted octanol–water partition coefficient (Wildman–Crippen LogP) is 2.02. The van der Waals surface area contributed by atoms with E-state index < -0.39 is 0 Å². The molecule has 0 aromatic heterocycles. The molecule has 1 amide bonds. The molecule has 1 aromatic rings. The zero-order valence-corrected chi connectivity index (χ0v) is 9.11. The van der Waals surface area contributed by atoms with Gasteiger partial charge in [0.1, 0.15) is 12.1 Å². The molecule has 0 spiro atoms. The van der Waals surface area contributed by atoms with Gasteiger partial charge in [-0.2, -0.15) is 10.5 Å². The van der Waals surface area contributed by atoms with Crippen molar-refractivity contribution in [2.45, 2.75) is 13.8 Å². The fourth-order valence-corrected chi connectivity index (χ4v) is 1.10. The highest BCUT2D eigenvalue weighted by Gasteiger charge is 2.08. The third-order valence-corrected chi connectivity index (χ3v) is 2.05. The predicted molar refractivity (Wildman–Crippen MR) is 59.3 cm³/mol. The first kappa shape index (κ1) is 11.7. The van der Waals surface area contributed by atoms with Crippen LogP contribution in [0.25, 0.3) is 0 Å². The van der Waals surface area contributed by atoms with E-state index in [2.05, 4.69) is 5.32 Å². The Labute approximate surface area is 94.1 Å². The van der Waals surface area contributed by atoms with Crippen LogP contribution in [0.4, 0.5) is 5.69 Å². The van der Waals surface area contributed by atoms with E-state index in [0.29, 0.717) is 11.3 Å². The summed E-state index contributed by atoms with van der Waals surface area (Å²) in [7, 11) is 0. The molecule has 4 nitrogen and oxygen atoms in total. The minimum atomic E-state index is -0.124. The van der Waals surface area contributed by atoms with Gasteiger partial charge >= 0.3 is 0 Å². The molecule has 0 aliphatic carbocycles. The molecule has 1 N–H and O–H groups in total. The van der Waals surface area contributed by atoms with E-state index in [0.717, 1.165) is 0 Å². The van der Waals surface area contributed by atoms with Crippen LogP contribution in [0.3, 0.4) is 0 Å². The number of hydrogen-bond donors (Lipinski definition) is 1. The first-order valence-corrected chi connectivity index (χ1v) is 4.83. The van der Waals surface area contributed by atoms with Gasteiger partial charge in [0, 0.05) is 11.6 Å². The lowest BCUT2D eigenvalue weighted by Gasteiger charge is -2.07. The number of carbonyl (C=O) groups excluding carboxylic acids is 1. The van der Waals surface area contributed by atoms with E-state index in [-0.39, 0.29) is 17.4 Å². The van der Waals surface area contributed by atoms with Crippen molar-refractivity contribution in [3.05, 3.63) is 29.3 Å². The van der Waals surface area contributed by atoms with Crippen molar-refractivity contribution >= 4 is 11.6 Å². The maximum absolute atomic E-state index is 11.4. The molecule has 1 rings (SSSR count). The molecule has 0 fully saturated rings. The van der Waals surface area contributed by atoms with Crippen LogP contribution < -0.4 is 5.32 Å². The van der Waals surface area contributed by atoms with Gasteiger partial charge in [-0.15, -0.1) is 0 Å². The van der Waals surface area contributed by atoms with Gasteiger partial charge in [-0.1, -0.05) is 13.8 Å². The summed E-state index contributed by atoms with van der Waals surface area (Å²) in [5, 5.41) is 20.2. The lowest BCUT2D eigenvalue weighted by Crippen LogP contribution is -2.17. The van der Waals surface area contributed by atoms with Crippen molar-refractivity contribution in [1.82, 2.24) is 0 Å². The molecule has 0 aliphatic rings. The molecule has 80 valence electrons. The standard InChI is InChI=1S/C12H11N3O/c1-8(2)12(16)15-11-4-3-9(6-13)10(5-11)7-14/h3-5,8H,1-2H3,(H,15,16). The van der Waals surface area contributed by atoms with E-state index in [9.17, 15) is 4.79 Å². The molecule has 0 radical (unpaired) electrons. The molecular weight excluding hydrogens is 202 g/mol. The third kappa shape index (κ3) is 2.59. The highest BCUT2D eigenvalue weighted by Crippen LogP contribution is 2.15. The van der Waals surface area contributed by atoms with Crippen LogP contribution in [0.2, 0.25) is 0 Å². The Morgan fingerprint density at radius 3 is 2.38 bits per heavy atom. The maximum atomic E-state index is 11.4. The first-order valence-electron chi connectivity index (χ1n) is 4.83. The van der Waals surface area contributed by atoms with Crippen molar-refractivity contribution in [3.8, 4) is 12.1 Å². The minimum absolute atomic E-state index is 0.117. The van der Waals surface area contributed by atoms with Crippen LogP contribution >= 0.6 is 0 Å². The van der Waals surface area contributed by atoms with Gasteiger partial charge in [0.25, 0.3) is 0 Å². The Bertz CT molecular complexity index is 492. The van der Waals surface area contributed by atoms with Gasteiger partial charge in [-0.25, -0.2) is 0 Å². The monoisotopic (exact) mass is 213 g/mol. The van der Waals surface area contributed by atoms with E-state index in [4.69, 9.17) is 10.5 Å². The summed E-state index contributed by atoms with van der Waals surface area (Å²) >= 11 is 0. The molecule has 0 heterocycles. The second kappa shape index (κ2) is 4.95. The molecule has 0 atom stereocenters. The number of hydrogen-bond acceptors (Lipinski definition) is 3. The van der Waals surface area contributed by atoms with Crippen LogP contribution in [0.1, 0.15) is 25.0 Å². The summed E-state index contributed by atoms with van der Waals surface area (Å²) in [6.45, 7) is 3.56. The molecule has 0 unspecified atom stereocenters. The van der Waals surface area contributed by atoms with Crippen LogP contribution in [-0.2, 0) is 4.79 Å². The highest BCUT2D eigenvalue weighted by atomic mass is 16.1. The Kier molecular flexibility index (Phi) is 3.63. The van der Waals surface area contributed by atoms with Gasteiger partial charge in [-0.05, 0) is 18.2 Å². The quantitative estimate of drug-likeness (QED) is 0.816. The Balaban J connectivity index is 2.98. The summed E-state index contributed by atoms with van der Waals surface area (Å²) in [4.78, 5) is 11.4. The number of nitriles is 2. The minimum Gasteiger partial charge on any atom is -0.326 e. The fraction of sp³-hybridized carbons (Fsp3) is 0.250. The van der Waals surface area contributed by atoms with E-state index in [1.165, 1.54) is 12.1 Å². The molecule has 16 heavy (non-hydrogen) atoms. The second-order valence-corrected chi connectivity index (χ2v) is 3.63. The average molecular weight is 213 g/mol. The molecule has 4 heteroatoms. The lowest BCUT2D eigenvalue weighted by molar-refractivity contribution is -0.118. The molecule has 0 bridgehead atoms. The second-order valence-electron chi connectivity index (χ2n) is 3.63. The Hall–Kier alpha value is -2.33. The zero-order chi connectivity index (χ0) is 12.1. The summed E-state index contributed by atoms with van der Waals surface area (Å²) in [5.74, 6) is -0.241. The Morgan fingerprint density at radius 1 is 1.25 bits per heavy atom. The van der Waals surface area contributed by atoms with Crippen LogP contribution in [0.5, 0.6) is 0 Å². The van der Waals surface area contributed by atoms with Crippen molar-refractivity contribution < 1.29 is 4.79 Å². The van der Waals surface area contributed by atoms with Crippen LogP contribution in [0.15, 0.2) is 18.2 Å². The Morgan fingerprint density at radius 2 is 1.88 bits per heavy atom. The van der Waals surface area contributed by atoms with E-state index in [1.54, 1.807) is 19.9 Å². The van der Waals surface area contributed by atoms with Crippen molar-refractivity contribution in [3.63, 3.8) is 0 Å².